The molecule has 0 spiro atoms. The molecule has 4 nitrogen and oxygen atoms in total. The molecule has 2 aliphatic rings. The van der Waals surface area contributed by atoms with Crippen LogP contribution in [0, 0.1) is 0 Å². The van der Waals surface area contributed by atoms with Gasteiger partial charge in [0.2, 0.25) is 0 Å². The fourth-order valence-corrected chi connectivity index (χ4v) is 2.93. The van der Waals surface area contributed by atoms with Crippen LogP contribution in [0.3, 0.4) is 0 Å². The Morgan fingerprint density at radius 3 is 3.00 bits per heavy atom. The van der Waals surface area contributed by atoms with Crippen molar-refractivity contribution in [3.8, 4) is 11.5 Å². The van der Waals surface area contributed by atoms with Gasteiger partial charge < -0.3 is 19.7 Å². The molecule has 1 aromatic carbocycles. The molecule has 1 saturated heterocycles. The normalized spacial score (nSPS) is 23.4. The number of hydrogen-bond acceptors (Lipinski definition) is 4. The predicted octanol–water partition coefficient (Wildman–Crippen LogP) is 1.68. The van der Waals surface area contributed by atoms with Crippen LogP contribution in [-0.4, -0.2) is 50.3 Å². The molecule has 0 bridgehead atoms. The summed E-state index contributed by atoms with van der Waals surface area (Å²) < 4.78 is 11.2. The molecule has 0 amide bonds. The Labute approximate surface area is 121 Å². The first-order valence-corrected chi connectivity index (χ1v) is 7.65. The zero-order valence-electron chi connectivity index (χ0n) is 12.2. The molecule has 1 N–H and O–H groups in total. The van der Waals surface area contributed by atoms with Crippen molar-refractivity contribution < 1.29 is 9.47 Å². The molecule has 20 heavy (non-hydrogen) atoms. The summed E-state index contributed by atoms with van der Waals surface area (Å²) in [7, 11) is 0. The Hall–Kier alpha value is -1.26. The minimum absolute atomic E-state index is 0.595. The maximum absolute atomic E-state index is 5.64. The van der Waals surface area contributed by atoms with Gasteiger partial charge in [0.15, 0.2) is 11.5 Å². The molecular formula is C16H24N2O2. The summed E-state index contributed by atoms with van der Waals surface area (Å²) >= 11 is 0. The van der Waals surface area contributed by atoms with Crippen LogP contribution in [0.5, 0.6) is 11.5 Å². The average molecular weight is 276 g/mol. The molecule has 2 heterocycles. The van der Waals surface area contributed by atoms with E-state index in [0.29, 0.717) is 19.3 Å². The summed E-state index contributed by atoms with van der Waals surface area (Å²) in [5.74, 6) is 1.78. The van der Waals surface area contributed by atoms with Gasteiger partial charge in [-0.25, -0.2) is 0 Å². The number of nitrogens with one attached hydrogen (secondary N) is 1. The Kier molecular flexibility index (Phi) is 4.43. The van der Waals surface area contributed by atoms with Crippen molar-refractivity contribution in [2.45, 2.75) is 25.8 Å². The van der Waals surface area contributed by atoms with E-state index in [1.807, 2.05) is 6.07 Å². The number of hydrogen-bond donors (Lipinski definition) is 1. The van der Waals surface area contributed by atoms with Crippen LogP contribution in [0.25, 0.3) is 0 Å². The van der Waals surface area contributed by atoms with Gasteiger partial charge in [-0.1, -0.05) is 6.07 Å². The highest BCUT2D eigenvalue weighted by Gasteiger charge is 2.15. The number of ether oxygens (including phenoxy) is 2. The van der Waals surface area contributed by atoms with Crippen molar-refractivity contribution in [1.82, 2.24) is 10.2 Å². The molecule has 1 unspecified atom stereocenters. The SMILES string of the molecule is CC1CN(CCc2ccc3c(c2)OCCO3)CCCN1. The summed E-state index contributed by atoms with van der Waals surface area (Å²) in [6.45, 7) is 8.18. The molecule has 4 heteroatoms. The average Bonchev–Trinajstić information content (AvgIpc) is 2.69. The van der Waals surface area contributed by atoms with E-state index < -0.39 is 0 Å². The van der Waals surface area contributed by atoms with E-state index in [2.05, 4.69) is 29.3 Å². The minimum atomic E-state index is 0.595. The van der Waals surface area contributed by atoms with Crippen molar-refractivity contribution in [3.63, 3.8) is 0 Å². The Morgan fingerprint density at radius 1 is 1.25 bits per heavy atom. The zero-order chi connectivity index (χ0) is 13.8. The molecule has 0 aliphatic carbocycles. The second kappa shape index (κ2) is 6.46. The van der Waals surface area contributed by atoms with Gasteiger partial charge in [-0.3, -0.25) is 0 Å². The molecule has 0 saturated carbocycles. The van der Waals surface area contributed by atoms with Crippen LogP contribution in [0.4, 0.5) is 0 Å². The summed E-state index contributed by atoms with van der Waals surface area (Å²) in [5.41, 5.74) is 1.33. The van der Waals surface area contributed by atoms with E-state index in [-0.39, 0.29) is 0 Å². The van der Waals surface area contributed by atoms with E-state index in [0.717, 1.165) is 37.6 Å². The summed E-state index contributed by atoms with van der Waals surface area (Å²) in [6, 6.07) is 6.93. The first-order chi connectivity index (χ1) is 9.81. The molecule has 2 aliphatic heterocycles. The highest BCUT2D eigenvalue weighted by atomic mass is 16.6. The molecule has 3 rings (SSSR count). The van der Waals surface area contributed by atoms with Gasteiger partial charge in [0.1, 0.15) is 13.2 Å². The lowest BCUT2D eigenvalue weighted by Crippen LogP contribution is -2.36. The summed E-state index contributed by atoms with van der Waals surface area (Å²) in [4.78, 5) is 2.56. The number of fused-ring (bicyclic) bond motifs is 1. The topological polar surface area (TPSA) is 33.7 Å². The second-order valence-corrected chi connectivity index (χ2v) is 5.74. The summed E-state index contributed by atoms with van der Waals surface area (Å²) in [5, 5.41) is 3.54. The largest absolute Gasteiger partial charge is 0.486 e. The van der Waals surface area contributed by atoms with Crippen molar-refractivity contribution in [1.29, 1.82) is 0 Å². The van der Waals surface area contributed by atoms with Crippen LogP contribution < -0.4 is 14.8 Å². The third-order valence-corrected chi connectivity index (χ3v) is 4.00. The van der Waals surface area contributed by atoms with E-state index >= 15 is 0 Å². The number of rotatable bonds is 3. The van der Waals surface area contributed by atoms with Crippen LogP contribution in [0.1, 0.15) is 18.9 Å². The maximum atomic E-state index is 5.64. The number of benzene rings is 1. The van der Waals surface area contributed by atoms with Crippen molar-refractivity contribution in [2.24, 2.45) is 0 Å². The first kappa shape index (κ1) is 13.7. The van der Waals surface area contributed by atoms with Crippen LogP contribution in [-0.2, 0) is 6.42 Å². The molecule has 1 aromatic rings. The van der Waals surface area contributed by atoms with Crippen molar-refractivity contribution in [2.75, 3.05) is 39.4 Å². The number of nitrogens with zero attached hydrogens (tertiary/aromatic N) is 1. The lowest BCUT2D eigenvalue weighted by molar-refractivity contribution is 0.171. The van der Waals surface area contributed by atoms with E-state index in [1.165, 1.54) is 18.5 Å². The van der Waals surface area contributed by atoms with Crippen molar-refractivity contribution in [3.05, 3.63) is 23.8 Å². The van der Waals surface area contributed by atoms with E-state index in [1.54, 1.807) is 0 Å². The van der Waals surface area contributed by atoms with Gasteiger partial charge in [-0.15, -0.1) is 0 Å². The van der Waals surface area contributed by atoms with E-state index in [4.69, 9.17) is 9.47 Å². The molecular weight excluding hydrogens is 252 g/mol. The minimum Gasteiger partial charge on any atom is -0.486 e. The third-order valence-electron chi connectivity index (χ3n) is 4.00. The Balaban J connectivity index is 1.57. The smallest absolute Gasteiger partial charge is 0.161 e. The van der Waals surface area contributed by atoms with Gasteiger partial charge >= 0.3 is 0 Å². The van der Waals surface area contributed by atoms with Crippen LogP contribution >= 0.6 is 0 Å². The third kappa shape index (κ3) is 3.44. The van der Waals surface area contributed by atoms with E-state index in [9.17, 15) is 0 Å². The second-order valence-electron chi connectivity index (χ2n) is 5.74. The maximum Gasteiger partial charge on any atom is 0.161 e. The van der Waals surface area contributed by atoms with Crippen molar-refractivity contribution >= 4 is 0 Å². The fourth-order valence-electron chi connectivity index (χ4n) is 2.93. The van der Waals surface area contributed by atoms with Gasteiger partial charge in [-0.05, 0) is 50.6 Å². The van der Waals surface area contributed by atoms with Crippen LogP contribution in [0.2, 0.25) is 0 Å². The van der Waals surface area contributed by atoms with Gasteiger partial charge in [0.25, 0.3) is 0 Å². The first-order valence-electron chi connectivity index (χ1n) is 7.65. The molecule has 1 atom stereocenters. The zero-order valence-corrected chi connectivity index (χ0v) is 12.2. The quantitative estimate of drug-likeness (QED) is 0.911. The Morgan fingerprint density at radius 2 is 2.10 bits per heavy atom. The predicted molar refractivity (Wildman–Crippen MR) is 79.7 cm³/mol. The molecule has 0 radical (unpaired) electrons. The van der Waals surface area contributed by atoms with Gasteiger partial charge in [-0.2, -0.15) is 0 Å². The standard InChI is InChI=1S/C16H24N2O2/c1-13-12-18(7-2-6-17-13)8-5-14-3-4-15-16(11-14)20-10-9-19-15/h3-4,11,13,17H,2,5-10,12H2,1H3. The highest BCUT2D eigenvalue weighted by molar-refractivity contribution is 5.43. The highest BCUT2D eigenvalue weighted by Crippen LogP contribution is 2.30. The lowest BCUT2D eigenvalue weighted by atomic mass is 10.1. The molecule has 1 fully saturated rings. The Bertz CT molecular complexity index is 450. The fraction of sp³-hybridized carbons (Fsp3) is 0.625. The molecule has 110 valence electrons. The van der Waals surface area contributed by atoms with Gasteiger partial charge in [0, 0.05) is 19.1 Å². The van der Waals surface area contributed by atoms with Gasteiger partial charge in [0.05, 0.1) is 0 Å². The monoisotopic (exact) mass is 276 g/mol. The van der Waals surface area contributed by atoms with Crippen LogP contribution in [0.15, 0.2) is 18.2 Å². The summed E-state index contributed by atoms with van der Waals surface area (Å²) in [6.07, 6.45) is 2.31. The lowest BCUT2D eigenvalue weighted by Gasteiger charge is -2.23. The molecule has 0 aromatic heterocycles.